The average molecular weight is 413 g/mol. The summed E-state index contributed by atoms with van der Waals surface area (Å²) in [6.07, 6.45) is 0.857. The molecule has 1 aliphatic rings. The lowest BCUT2D eigenvalue weighted by molar-refractivity contribution is -0.145. The van der Waals surface area contributed by atoms with Crippen LogP contribution in [0.5, 0.6) is 0 Å². The Morgan fingerprint density at radius 3 is 2.29 bits per heavy atom. The lowest BCUT2D eigenvalue weighted by Gasteiger charge is -2.28. The van der Waals surface area contributed by atoms with Crippen LogP contribution in [0.15, 0.2) is 24.3 Å². The smallest absolute Gasteiger partial charge is 0.313 e. The molecule has 2 N–H and O–H groups in total. The van der Waals surface area contributed by atoms with Gasteiger partial charge in [0, 0.05) is 25.4 Å². The number of nitrogens with one attached hydrogen (secondary N) is 2. The Morgan fingerprint density at radius 1 is 1.07 bits per heavy atom. The van der Waals surface area contributed by atoms with Gasteiger partial charge in [-0.25, -0.2) is 8.42 Å². The van der Waals surface area contributed by atoms with E-state index in [4.69, 9.17) is 9.47 Å². The number of benzene rings is 1. The van der Waals surface area contributed by atoms with Gasteiger partial charge in [-0.05, 0) is 51.0 Å². The summed E-state index contributed by atoms with van der Waals surface area (Å²) < 4.78 is 36.2. The molecule has 1 aromatic carbocycles. The molecular formula is C18H27N3O6S. The number of sulfonamides is 1. The monoisotopic (exact) mass is 413 g/mol. The Balaban J connectivity index is 1.90. The van der Waals surface area contributed by atoms with Crippen LogP contribution in [0.1, 0.15) is 26.7 Å². The van der Waals surface area contributed by atoms with Gasteiger partial charge in [-0.2, -0.15) is 0 Å². The van der Waals surface area contributed by atoms with E-state index in [1.54, 1.807) is 38.1 Å². The Morgan fingerprint density at radius 2 is 1.71 bits per heavy atom. The standard InChI is InChI=1S/C18H27N3O6S/c1-3-26-16(27-4-2)13-19-17(22)18(23)20-14-7-9-15(10-8-14)21-11-5-6-12-28(21,24)25/h7-10,16H,3-6,11-13H2,1-2H3,(H,19,22)(H,20,23). The van der Waals surface area contributed by atoms with Crippen LogP contribution in [0.3, 0.4) is 0 Å². The van der Waals surface area contributed by atoms with Crippen LogP contribution in [0.4, 0.5) is 11.4 Å². The van der Waals surface area contributed by atoms with Crippen LogP contribution < -0.4 is 14.9 Å². The quantitative estimate of drug-likeness (QED) is 0.487. The molecule has 0 atom stereocenters. The number of ether oxygens (including phenoxy) is 2. The predicted octanol–water partition coefficient (Wildman–Crippen LogP) is 1.07. The highest BCUT2D eigenvalue weighted by atomic mass is 32.2. The van der Waals surface area contributed by atoms with Crippen LogP contribution in [0.2, 0.25) is 0 Å². The zero-order chi connectivity index (χ0) is 20.6. The first kappa shape index (κ1) is 22.1. The second-order valence-corrected chi connectivity index (χ2v) is 8.16. The number of hydrogen-bond donors (Lipinski definition) is 2. The summed E-state index contributed by atoms with van der Waals surface area (Å²) in [4.78, 5) is 24.0. The average Bonchev–Trinajstić information content (AvgIpc) is 2.66. The number of hydrogen-bond acceptors (Lipinski definition) is 6. The first-order valence-corrected chi connectivity index (χ1v) is 10.9. The fourth-order valence-electron chi connectivity index (χ4n) is 2.77. The molecule has 10 heteroatoms. The minimum absolute atomic E-state index is 0.0552. The van der Waals surface area contributed by atoms with Gasteiger partial charge in [0.1, 0.15) is 0 Å². The molecule has 0 radical (unpaired) electrons. The molecule has 1 aliphatic heterocycles. The van der Waals surface area contributed by atoms with E-state index in [1.807, 2.05) is 0 Å². The highest BCUT2D eigenvalue weighted by molar-refractivity contribution is 7.92. The van der Waals surface area contributed by atoms with Crippen molar-refractivity contribution in [3.63, 3.8) is 0 Å². The molecule has 0 aliphatic carbocycles. The van der Waals surface area contributed by atoms with Gasteiger partial charge in [0.2, 0.25) is 10.0 Å². The summed E-state index contributed by atoms with van der Waals surface area (Å²) in [6, 6.07) is 6.34. The van der Waals surface area contributed by atoms with Gasteiger partial charge in [0.05, 0.1) is 18.0 Å². The zero-order valence-electron chi connectivity index (χ0n) is 16.1. The molecule has 0 spiro atoms. The van der Waals surface area contributed by atoms with Gasteiger partial charge in [0.25, 0.3) is 0 Å². The summed E-state index contributed by atoms with van der Waals surface area (Å²) >= 11 is 0. The minimum atomic E-state index is -3.29. The molecule has 0 aromatic heterocycles. The third-order valence-electron chi connectivity index (χ3n) is 4.10. The van der Waals surface area contributed by atoms with Gasteiger partial charge < -0.3 is 20.1 Å². The second kappa shape index (κ2) is 10.4. The van der Waals surface area contributed by atoms with Gasteiger partial charge in [-0.1, -0.05) is 0 Å². The molecule has 1 fully saturated rings. The molecule has 0 unspecified atom stereocenters. The van der Waals surface area contributed by atoms with Crippen LogP contribution in [-0.2, 0) is 29.1 Å². The maximum atomic E-state index is 12.1. The highest BCUT2D eigenvalue weighted by Crippen LogP contribution is 2.24. The highest BCUT2D eigenvalue weighted by Gasteiger charge is 2.26. The van der Waals surface area contributed by atoms with Crippen LogP contribution in [0, 0.1) is 0 Å². The van der Waals surface area contributed by atoms with E-state index >= 15 is 0 Å². The van der Waals surface area contributed by atoms with E-state index in [0.29, 0.717) is 37.6 Å². The largest absolute Gasteiger partial charge is 0.351 e. The van der Waals surface area contributed by atoms with Crippen LogP contribution in [-0.4, -0.2) is 58.6 Å². The number of amides is 2. The van der Waals surface area contributed by atoms with Crippen molar-refractivity contribution in [3.8, 4) is 0 Å². The third-order valence-corrected chi connectivity index (χ3v) is 5.97. The summed E-state index contributed by atoms with van der Waals surface area (Å²) in [5.41, 5.74) is 0.933. The van der Waals surface area contributed by atoms with Crippen molar-refractivity contribution in [2.75, 3.05) is 41.7 Å². The van der Waals surface area contributed by atoms with Gasteiger partial charge in [-0.15, -0.1) is 0 Å². The Kier molecular flexibility index (Phi) is 8.21. The number of carbonyl (C=O) groups is 2. The number of nitrogens with zero attached hydrogens (tertiary/aromatic N) is 1. The first-order valence-electron chi connectivity index (χ1n) is 9.30. The molecule has 2 rings (SSSR count). The van der Waals surface area contributed by atoms with Gasteiger partial charge >= 0.3 is 11.8 Å². The number of rotatable bonds is 8. The van der Waals surface area contributed by atoms with E-state index in [2.05, 4.69) is 10.6 Å². The van der Waals surface area contributed by atoms with Gasteiger partial charge in [-0.3, -0.25) is 13.9 Å². The van der Waals surface area contributed by atoms with Crippen LogP contribution in [0.25, 0.3) is 0 Å². The molecule has 1 heterocycles. The van der Waals surface area contributed by atoms with Gasteiger partial charge in [0.15, 0.2) is 6.29 Å². The predicted molar refractivity (Wildman–Crippen MR) is 105 cm³/mol. The summed E-state index contributed by atoms with van der Waals surface area (Å²) in [5, 5.41) is 4.94. The van der Waals surface area contributed by atoms with Crippen molar-refractivity contribution in [1.29, 1.82) is 0 Å². The first-order chi connectivity index (χ1) is 13.4. The normalized spacial score (nSPS) is 16.0. The lowest BCUT2D eigenvalue weighted by atomic mass is 10.2. The van der Waals surface area contributed by atoms with E-state index in [1.165, 1.54) is 4.31 Å². The molecular weight excluding hydrogens is 386 g/mol. The third kappa shape index (κ3) is 6.18. The molecule has 28 heavy (non-hydrogen) atoms. The Labute approximate surface area is 165 Å². The molecule has 0 saturated carbocycles. The fraction of sp³-hybridized carbons (Fsp3) is 0.556. The fourth-order valence-corrected chi connectivity index (χ4v) is 4.41. The molecule has 156 valence electrons. The van der Waals surface area contributed by atoms with E-state index < -0.39 is 28.1 Å². The molecule has 0 bridgehead atoms. The van der Waals surface area contributed by atoms with Crippen molar-refractivity contribution < 1.29 is 27.5 Å². The molecule has 2 amide bonds. The molecule has 9 nitrogen and oxygen atoms in total. The summed E-state index contributed by atoms with van der Waals surface area (Å²) in [7, 11) is -3.29. The van der Waals surface area contributed by atoms with Crippen molar-refractivity contribution >= 4 is 33.2 Å². The maximum Gasteiger partial charge on any atom is 0.313 e. The SMILES string of the molecule is CCOC(CNC(=O)C(=O)Nc1ccc(N2CCCCS2(=O)=O)cc1)OCC. The van der Waals surface area contributed by atoms with Crippen molar-refractivity contribution in [3.05, 3.63) is 24.3 Å². The Hall–Kier alpha value is -2.17. The molecule has 1 aromatic rings. The summed E-state index contributed by atoms with van der Waals surface area (Å²) in [5.74, 6) is -1.51. The lowest BCUT2D eigenvalue weighted by Crippen LogP contribution is -2.41. The van der Waals surface area contributed by atoms with Crippen molar-refractivity contribution in [2.24, 2.45) is 0 Å². The topological polar surface area (TPSA) is 114 Å². The minimum Gasteiger partial charge on any atom is -0.351 e. The number of carbonyl (C=O) groups excluding carboxylic acids is 2. The van der Waals surface area contributed by atoms with Crippen LogP contribution >= 0.6 is 0 Å². The summed E-state index contributed by atoms with van der Waals surface area (Å²) in [6.45, 7) is 4.95. The van der Waals surface area contributed by atoms with Crippen molar-refractivity contribution in [1.82, 2.24) is 5.32 Å². The van der Waals surface area contributed by atoms with E-state index in [0.717, 1.165) is 6.42 Å². The Bertz CT molecular complexity index is 760. The van der Waals surface area contributed by atoms with E-state index in [-0.39, 0.29) is 12.3 Å². The van der Waals surface area contributed by atoms with Crippen molar-refractivity contribution in [2.45, 2.75) is 33.0 Å². The maximum absolute atomic E-state index is 12.1. The zero-order valence-corrected chi connectivity index (χ0v) is 17.0. The van der Waals surface area contributed by atoms with E-state index in [9.17, 15) is 18.0 Å². The number of anilines is 2. The second-order valence-electron chi connectivity index (χ2n) is 6.15. The molecule has 1 saturated heterocycles.